The summed E-state index contributed by atoms with van der Waals surface area (Å²) in [6, 6.07) is 24.3. The maximum Gasteiger partial charge on any atom is 0.233 e. The number of amides is 4. The van der Waals surface area contributed by atoms with Gasteiger partial charge in [0.1, 0.15) is 17.1 Å². The van der Waals surface area contributed by atoms with Gasteiger partial charge in [0.2, 0.25) is 23.6 Å². The third-order valence-corrected chi connectivity index (χ3v) is 11.4. The molecule has 4 aliphatic rings. The number of aliphatic hydroxyl groups is 1. The SMILES string of the molecule is CCN1C(=O)C2CC=CC(CCOc3ccc(C(O)(c4ccccc4)c4ccc(OCCC5C=CCC6C(=O)N(CC)C(=O)C56)cc4)cc3)C2C1=O. The molecule has 2 heterocycles. The number of benzene rings is 3. The highest BCUT2D eigenvalue weighted by Crippen LogP contribution is 2.42. The van der Waals surface area contributed by atoms with E-state index in [1.165, 1.54) is 9.80 Å². The van der Waals surface area contributed by atoms with Crippen molar-refractivity contribution in [3.05, 3.63) is 120 Å². The summed E-state index contributed by atoms with van der Waals surface area (Å²) in [6.07, 6.45) is 10.6. The van der Waals surface area contributed by atoms with Gasteiger partial charge in [0.15, 0.2) is 0 Å². The number of fused-ring (bicyclic) bond motifs is 2. The Bertz CT molecular complexity index is 1740. The summed E-state index contributed by atoms with van der Waals surface area (Å²) in [5, 5.41) is 12.4. The van der Waals surface area contributed by atoms with E-state index in [0.29, 0.717) is 80.2 Å². The van der Waals surface area contributed by atoms with E-state index in [1.54, 1.807) is 0 Å². The fourth-order valence-electron chi connectivity index (χ4n) is 8.69. The van der Waals surface area contributed by atoms with Crippen LogP contribution in [0.5, 0.6) is 11.5 Å². The lowest BCUT2D eigenvalue weighted by molar-refractivity contribution is -0.141. The molecule has 2 aliphatic heterocycles. The summed E-state index contributed by atoms with van der Waals surface area (Å²) in [7, 11) is 0. The van der Waals surface area contributed by atoms with Crippen LogP contribution in [-0.4, -0.2) is 64.8 Å². The first kappa shape index (κ1) is 35.4. The third kappa shape index (κ3) is 6.36. The minimum absolute atomic E-state index is 0.0495. The minimum Gasteiger partial charge on any atom is -0.494 e. The van der Waals surface area contributed by atoms with Crippen molar-refractivity contribution in [3.8, 4) is 11.5 Å². The number of hydrogen-bond acceptors (Lipinski definition) is 7. The Hall–Kier alpha value is -5.02. The van der Waals surface area contributed by atoms with E-state index in [0.717, 1.165) is 0 Å². The van der Waals surface area contributed by atoms with Gasteiger partial charge in [0.05, 0.1) is 36.9 Å². The van der Waals surface area contributed by atoms with Crippen LogP contribution in [-0.2, 0) is 24.8 Å². The number of rotatable bonds is 13. The van der Waals surface area contributed by atoms with Gasteiger partial charge in [-0.1, -0.05) is 78.9 Å². The molecular weight excluding hydrogens is 656 g/mol. The van der Waals surface area contributed by atoms with Gasteiger partial charge in [-0.2, -0.15) is 0 Å². The van der Waals surface area contributed by atoms with Crippen molar-refractivity contribution in [2.45, 2.75) is 45.1 Å². The largest absolute Gasteiger partial charge is 0.494 e. The first-order chi connectivity index (χ1) is 25.3. The summed E-state index contributed by atoms with van der Waals surface area (Å²) in [5.41, 5.74) is 0.595. The zero-order valence-corrected chi connectivity index (χ0v) is 29.7. The van der Waals surface area contributed by atoms with Crippen molar-refractivity contribution in [2.75, 3.05) is 26.3 Å². The molecule has 9 heteroatoms. The highest BCUT2D eigenvalue weighted by molar-refractivity contribution is 6.06. The van der Waals surface area contributed by atoms with Gasteiger partial charge >= 0.3 is 0 Å². The predicted molar refractivity (Wildman–Crippen MR) is 195 cm³/mol. The molecule has 270 valence electrons. The Morgan fingerprint density at radius 3 is 1.40 bits per heavy atom. The topological polar surface area (TPSA) is 113 Å². The van der Waals surface area contributed by atoms with Crippen LogP contribution in [0.4, 0.5) is 0 Å². The van der Waals surface area contributed by atoms with Gasteiger partial charge in [0.25, 0.3) is 0 Å². The fraction of sp³-hybridized carbons (Fsp3) is 0.395. The normalized spacial score (nSPS) is 26.4. The van der Waals surface area contributed by atoms with Crippen molar-refractivity contribution in [1.29, 1.82) is 0 Å². The molecule has 6 atom stereocenters. The maximum absolute atomic E-state index is 13.0. The molecule has 3 aromatic rings. The second-order valence-electron chi connectivity index (χ2n) is 14.2. The van der Waals surface area contributed by atoms with Gasteiger partial charge in [-0.15, -0.1) is 0 Å². The van der Waals surface area contributed by atoms with E-state index in [-0.39, 0.29) is 59.1 Å². The van der Waals surface area contributed by atoms with E-state index in [4.69, 9.17) is 9.47 Å². The second-order valence-corrected chi connectivity index (χ2v) is 14.2. The monoisotopic (exact) mass is 702 g/mol. The Morgan fingerprint density at radius 2 is 1.00 bits per heavy atom. The Morgan fingerprint density at radius 1 is 0.596 bits per heavy atom. The second kappa shape index (κ2) is 14.9. The summed E-state index contributed by atoms with van der Waals surface area (Å²) >= 11 is 0. The fourth-order valence-corrected chi connectivity index (χ4v) is 8.69. The van der Waals surface area contributed by atoms with Crippen LogP contribution < -0.4 is 9.47 Å². The van der Waals surface area contributed by atoms with E-state index >= 15 is 0 Å². The average molecular weight is 703 g/mol. The van der Waals surface area contributed by atoms with Gasteiger partial charge in [0, 0.05) is 13.1 Å². The molecule has 0 radical (unpaired) electrons. The van der Waals surface area contributed by atoms with E-state index < -0.39 is 5.60 Å². The third-order valence-electron chi connectivity index (χ3n) is 11.4. The summed E-state index contributed by atoms with van der Waals surface area (Å²) < 4.78 is 12.2. The molecule has 2 aliphatic carbocycles. The van der Waals surface area contributed by atoms with Crippen LogP contribution in [0.15, 0.2) is 103 Å². The van der Waals surface area contributed by atoms with Crippen molar-refractivity contribution in [2.24, 2.45) is 35.5 Å². The molecule has 4 amide bonds. The molecular formula is C43H46N2O7. The van der Waals surface area contributed by atoms with Crippen molar-refractivity contribution in [3.63, 3.8) is 0 Å². The number of carbonyl (C=O) groups is 4. The highest BCUT2D eigenvalue weighted by Gasteiger charge is 2.51. The molecule has 6 unspecified atom stereocenters. The summed E-state index contributed by atoms with van der Waals surface area (Å²) in [4.78, 5) is 54.1. The van der Waals surface area contributed by atoms with Crippen LogP contribution >= 0.6 is 0 Å². The molecule has 0 saturated carbocycles. The average Bonchev–Trinajstić information content (AvgIpc) is 3.59. The van der Waals surface area contributed by atoms with Crippen LogP contribution in [0.2, 0.25) is 0 Å². The smallest absolute Gasteiger partial charge is 0.233 e. The lowest BCUT2D eigenvalue weighted by atomic mass is 9.76. The Kier molecular flexibility index (Phi) is 10.1. The molecule has 7 rings (SSSR count). The summed E-state index contributed by atoms with van der Waals surface area (Å²) in [5.74, 6) is -0.267. The van der Waals surface area contributed by atoms with Crippen molar-refractivity contribution in [1.82, 2.24) is 9.80 Å². The molecule has 1 N–H and O–H groups in total. The van der Waals surface area contributed by atoms with Gasteiger partial charge in [-0.05, 0) is 92.3 Å². The number of nitrogens with zero attached hydrogens (tertiary/aromatic N) is 2. The predicted octanol–water partition coefficient (Wildman–Crippen LogP) is 5.90. The van der Waals surface area contributed by atoms with Gasteiger partial charge in [-0.3, -0.25) is 29.0 Å². The van der Waals surface area contributed by atoms with E-state index in [9.17, 15) is 24.3 Å². The number of allylic oxidation sites excluding steroid dienone is 4. The van der Waals surface area contributed by atoms with Crippen molar-refractivity contribution >= 4 is 23.6 Å². The molecule has 0 spiro atoms. The maximum atomic E-state index is 13.0. The van der Waals surface area contributed by atoms with Crippen LogP contribution in [0.3, 0.4) is 0 Å². The first-order valence-electron chi connectivity index (χ1n) is 18.5. The zero-order valence-electron chi connectivity index (χ0n) is 29.7. The molecule has 3 aromatic carbocycles. The van der Waals surface area contributed by atoms with Crippen LogP contribution in [0.1, 0.15) is 56.2 Å². The molecule has 2 fully saturated rings. The lowest BCUT2D eigenvalue weighted by Crippen LogP contribution is -2.32. The molecule has 0 aromatic heterocycles. The minimum atomic E-state index is -1.46. The quantitative estimate of drug-likeness (QED) is 0.134. The Balaban J connectivity index is 1.00. The van der Waals surface area contributed by atoms with Crippen molar-refractivity contribution < 1.29 is 33.8 Å². The number of carbonyl (C=O) groups excluding carboxylic acids is 4. The van der Waals surface area contributed by atoms with Crippen LogP contribution in [0.25, 0.3) is 0 Å². The number of hydrogen-bond donors (Lipinski definition) is 1. The number of likely N-dealkylation sites (tertiary alicyclic amines) is 2. The number of imide groups is 2. The lowest BCUT2D eigenvalue weighted by Gasteiger charge is -2.30. The van der Waals surface area contributed by atoms with Crippen LogP contribution in [0, 0.1) is 35.5 Å². The Labute approximate surface area is 304 Å². The standard InChI is InChI=1S/C43H46N2O7/c1-3-44-39(46)35-14-8-10-28(37(35)41(44)48)24-26-51-33-20-16-31(17-21-33)43(50,30-12-6-5-7-13-30)32-18-22-34(23-19-32)52-27-25-29-11-9-15-36-38(29)42(49)45(4-2)40(36)47/h5-13,16-23,28-29,35-38,50H,3-4,14-15,24-27H2,1-2H3. The van der Waals surface area contributed by atoms with E-state index in [1.807, 2.05) is 105 Å². The molecule has 9 nitrogen and oxygen atoms in total. The highest BCUT2D eigenvalue weighted by atomic mass is 16.5. The number of ether oxygens (including phenoxy) is 2. The summed E-state index contributed by atoms with van der Waals surface area (Å²) in [6.45, 7) is 5.25. The molecule has 0 bridgehead atoms. The molecule has 2 saturated heterocycles. The first-order valence-corrected chi connectivity index (χ1v) is 18.5. The zero-order chi connectivity index (χ0) is 36.4. The van der Waals surface area contributed by atoms with Gasteiger partial charge < -0.3 is 14.6 Å². The van der Waals surface area contributed by atoms with Gasteiger partial charge in [-0.25, -0.2) is 0 Å². The molecule has 52 heavy (non-hydrogen) atoms. The van der Waals surface area contributed by atoms with E-state index in [2.05, 4.69) is 12.2 Å².